The fourth-order valence-corrected chi connectivity index (χ4v) is 0.736. The van der Waals surface area contributed by atoms with Crippen molar-refractivity contribution in [1.29, 1.82) is 0 Å². The van der Waals surface area contributed by atoms with E-state index in [-0.39, 0.29) is 11.0 Å². The smallest absolute Gasteiger partial charge is 0.118 e. The molecule has 0 bridgehead atoms. The summed E-state index contributed by atoms with van der Waals surface area (Å²) in [5, 5.41) is 9.10. The minimum atomic E-state index is 0. The Labute approximate surface area is 65.7 Å². The van der Waals surface area contributed by atoms with Crippen molar-refractivity contribution in [2.24, 2.45) is 0 Å². The van der Waals surface area contributed by atoms with Crippen LogP contribution in [0.1, 0.15) is 11.1 Å². The molecule has 2 heteroatoms. The molecule has 0 aromatic heterocycles. The Bertz CT molecular complexity index is 200. The number of phenolic OH excluding ortho intramolecular Hbond substituents is 1. The molecule has 1 nitrogen and oxygen atoms in total. The number of aryl methyl sites for hydroxylation is 1. The van der Waals surface area contributed by atoms with Gasteiger partial charge in [-0.3, -0.25) is 0 Å². The van der Waals surface area contributed by atoms with Gasteiger partial charge in [-0.1, -0.05) is 12.1 Å². The minimum Gasteiger partial charge on any atom is -0.508 e. The molecule has 0 saturated heterocycles. The first-order valence-electron chi connectivity index (χ1n) is 2.97. The largest absolute Gasteiger partial charge is 0.508 e. The van der Waals surface area contributed by atoms with Crippen molar-refractivity contribution in [2.75, 3.05) is 0 Å². The van der Waals surface area contributed by atoms with Gasteiger partial charge in [0.05, 0.1) is 0 Å². The van der Waals surface area contributed by atoms with Crippen LogP contribution in [0.3, 0.4) is 0 Å². The first-order chi connectivity index (χ1) is 4.22. The highest BCUT2D eigenvalue weighted by atomic mass is 28.1. The lowest BCUT2D eigenvalue weighted by Gasteiger charge is -1.99. The first kappa shape index (κ1) is 9.24. The van der Waals surface area contributed by atoms with E-state index in [4.69, 9.17) is 5.11 Å². The average Bonchev–Trinajstić information content (AvgIpc) is 1.83. The fraction of sp³-hybridized carbons (Fsp3) is 0.250. The summed E-state index contributed by atoms with van der Waals surface area (Å²) in [4.78, 5) is 0. The van der Waals surface area contributed by atoms with E-state index < -0.39 is 0 Å². The van der Waals surface area contributed by atoms with Crippen molar-refractivity contribution in [2.45, 2.75) is 13.8 Å². The van der Waals surface area contributed by atoms with Crippen LogP contribution in [0.25, 0.3) is 0 Å². The maximum atomic E-state index is 9.10. The van der Waals surface area contributed by atoms with Crippen LogP contribution in [0.15, 0.2) is 18.2 Å². The van der Waals surface area contributed by atoms with Crippen LogP contribution >= 0.6 is 0 Å². The van der Waals surface area contributed by atoms with Crippen LogP contribution < -0.4 is 0 Å². The lowest BCUT2D eigenvalue weighted by atomic mass is 10.1. The van der Waals surface area contributed by atoms with Gasteiger partial charge in [0.25, 0.3) is 0 Å². The SMILES string of the molecule is Cc1cccc(O)c1C.[Si]. The van der Waals surface area contributed by atoms with Gasteiger partial charge in [-0.05, 0) is 31.0 Å². The number of benzene rings is 1. The third-order valence-corrected chi connectivity index (χ3v) is 1.58. The second-order valence-corrected chi connectivity index (χ2v) is 2.22. The fourth-order valence-electron chi connectivity index (χ4n) is 0.736. The molecular weight excluding hydrogens is 140 g/mol. The van der Waals surface area contributed by atoms with E-state index in [9.17, 15) is 0 Å². The van der Waals surface area contributed by atoms with Crippen molar-refractivity contribution >= 4 is 11.0 Å². The van der Waals surface area contributed by atoms with Crippen LogP contribution in [0.4, 0.5) is 0 Å². The van der Waals surface area contributed by atoms with E-state index in [2.05, 4.69) is 0 Å². The normalized spacial score (nSPS) is 8.60. The third kappa shape index (κ3) is 1.61. The quantitative estimate of drug-likeness (QED) is 0.557. The van der Waals surface area contributed by atoms with Gasteiger partial charge in [0.15, 0.2) is 0 Å². The molecule has 0 aliphatic rings. The van der Waals surface area contributed by atoms with Gasteiger partial charge in [0.1, 0.15) is 5.75 Å². The zero-order chi connectivity index (χ0) is 6.85. The van der Waals surface area contributed by atoms with Crippen molar-refractivity contribution in [1.82, 2.24) is 0 Å². The number of aromatic hydroxyl groups is 1. The highest BCUT2D eigenvalue weighted by Crippen LogP contribution is 2.17. The number of phenols is 1. The maximum absolute atomic E-state index is 9.10. The molecule has 0 unspecified atom stereocenters. The maximum Gasteiger partial charge on any atom is 0.118 e. The highest BCUT2D eigenvalue weighted by Gasteiger charge is 1.94. The molecule has 0 atom stereocenters. The molecular formula is C8H10OSi. The van der Waals surface area contributed by atoms with Crippen LogP contribution in [0, 0.1) is 13.8 Å². The third-order valence-electron chi connectivity index (χ3n) is 1.58. The predicted octanol–water partition coefficient (Wildman–Crippen LogP) is 1.63. The summed E-state index contributed by atoms with van der Waals surface area (Å²) in [6, 6.07) is 5.52. The van der Waals surface area contributed by atoms with Gasteiger partial charge in [-0.2, -0.15) is 0 Å². The Hall–Kier alpha value is -0.763. The van der Waals surface area contributed by atoms with Crippen LogP contribution in [0.2, 0.25) is 0 Å². The van der Waals surface area contributed by atoms with Gasteiger partial charge < -0.3 is 5.11 Å². The molecule has 1 rings (SSSR count). The Balaban J connectivity index is 0.000000810. The summed E-state index contributed by atoms with van der Waals surface area (Å²) in [7, 11) is 0. The second-order valence-electron chi connectivity index (χ2n) is 2.22. The van der Waals surface area contributed by atoms with E-state index in [1.54, 1.807) is 6.07 Å². The van der Waals surface area contributed by atoms with Gasteiger partial charge >= 0.3 is 0 Å². The van der Waals surface area contributed by atoms with E-state index in [0.717, 1.165) is 11.1 Å². The molecule has 52 valence electrons. The molecule has 1 aromatic rings. The summed E-state index contributed by atoms with van der Waals surface area (Å²) in [6.45, 7) is 3.89. The van der Waals surface area contributed by atoms with Gasteiger partial charge in [-0.15, -0.1) is 0 Å². The topological polar surface area (TPSA) is 20.2 Å². The summed E-state index contributed by atoms with van der Waals surface area (Å²) in [5.74, 6) is 0.384. The molecule has 4 radical (unpaired) electrons. The van der Waals surface area contributed by atoms with Crippen LogP contribution in [-0.2, 0) is 0 Å². The molecule has 1 aromatic carbocycles. The first-order valence-corrected chi connectivity index (χ1v) is 2.97. The predicted molar refractivity (Wildman–Crippen MR) is 43.3 cm³/mol. The van der Waals surface area contributed by atoms with Gasteiger partial charge in [0, 0.05) is 11.0 Å². The summed E-state index contributed by atoms with van der Waals surface area (Å²) >= 11 is 0. The van der Waals surface area contributed by atoms with E-state index >= 15 is 0 Å². The number of hydrogen-bond acceptors (Lipinski definition) is 1. The number of rotatable bonds is 0. The zero-order valence-corrected chi connectivity index (χ0v) is 7.18. The van der Waals surface area contributed by atoms with E-state index in [1.165, 1.54) is 0 Å². The average molecular weight is 150 g/mol. The minimum absolute atomic E-state index is 0. The van der Waals surface area contributed by atoms with Crippen molar-refractivity contribution < 1.29 is 5.11 Å². The molecule has 0 amide bonds. The van der Waals surface area contributed by atoms with Crippen molar-refractivity contribution in [3.63, 3.8) is 0 Å². The van der Waals surface area contributed by atoms with Gasteiger partial charge in [-0.25, -0.2) is 0 Å². The summed E-state index contributed by atoms with van der Waals surface area (Å²) in [6.07, 6.45) is 0. The monoisotopic (exact) mass is 150 g/mol. The standard InChI is InChI=1S/C8H10O.Si/c1-6-4-3-5-8(9)7(6)2;/h3-5,9H,1-2H3;. The second kappa shape index (κ2) is 3.42. The number of hydrogen-bond donors (Lipinski definition) is 1. The Morgan fingerprint density at radius 2 is 1.80 bits per heavy atom. The highest BCUT2D eigenvalue weighted by molar-refractivity contribution is 5.75. The van der Waals surface area contributed by atoms with Crippen LogP contribution in [0.5, 0.6) is 5.75 Å². The lowest BCUT2D eigenvalue weighted by molar-refractivity contribution is 0.470. The zero-order valence-electron chi connectivity index (χ0n) is 6.18. The summed E-state index contributed by atoms with van der Waals surface area (Å²) in [5.41, 5.74) is 2.10. The van der Waals surface area contributed by atoms with E-state index in [1.807, 2.05) is 26.0 Å². The molecule has 0 saturated carbocycles. The molecule has 0 aliphatic carbocycles. The van der Waals surface area contributed by atoms with E-state index in [0.29, 0.717) is 5.75 Å². The Morgan fingerprint density at radius 3 is 2.20 bits per heavy atom. The van der Waals surface area contributed by atoms with Crippen molar-refractivity contribution in [3.05, 3.63) is 29.3 Å². The molecule has 0 fully saturated rings. The molecule has 1 N–H and O–H groups in total. The van der Waals surface area contributed by atoms with Crippen LogP contribution in [-0.4, -0.2) is 16.1 Å². The molecule has 0 aliphatic heterocycles. The molecule has 0 spiro atoms. The molecule has 10 heavy (non-hydrogen) atoms. The Kier molecular flexibility index (Phi) is 3.16. The Morgan fingerprint density at radius 1 is 1.20 bits per heavy atom. The van der Waals surface area contributed by atoms with Gasteiger partial charge in [0.2, 0.25) is 0 Å². The lowest BCUT2D eigenvalue weighted by Crippen LogP contribution is -1.78. The molecule has 0 heterocycles. The summed E-state index contributed by atoms with van der Waals surface area (Å²) < 4.78 is 0. The van der Waals surface area contributed by atoms with Crippen molar-refractivity contribution in [3.8, 4) is 5.75 Å².